The summed E-state index contributed by atoms with van der Waals surface area (Å²) in [6, 6.07) is 3.29. The van der Waals surface area contributed by atoms with Crippen molar-refractivity contribution >= 4 is 39.2 Å². The number of amides is 1. The Kier molecular flexibility index (Phi) is 6.88. The lowest BCUT2D eigenvalue weighted by Crippen LogP contribution is -2.47. The van der Waals surface area contributed by atoms with E-state index in [4.69, 9.17) is 21.7 Å². The summed E-state index contributed by atoms with van der Waals surface area (Å²) < 4.78 is 11.9. The number of hydrogen-bond acceptors (Lipinski definition) is 4. The second-order valence-electron chi connectivity index (χ2n) is 5.78. The van der Waals surface area contributed by atoms with Crippen molar-refractivity contribution in [3.05, 3.63) is 33.4 Å². The number of ether oxygens (including phenoxy) is 2. The van der Waals surface area contributed by atoms with Crippen LogP contribution < -0.4 is 20.1 Å². The number of nitrogens with zero attached hydrogens (tertiary/aromatic N) is 1. The van der Waals surface area contributed by atoms with E-state index in [2.05, 4.69) is 26.6 Å². The molecular formula is C18H24BrN3O3S. The molecule has 1 aromatic rings. The lowest BCUT2D eigenvalue weighted by molar-refractivity contribution is -0.127. The molecule has 0 saturated heterocycles. The van der Waals surface area contributed by atoms with Crippen LogP contribution in [0.2, 0.25) is 0 Å². The standard InChI is InChI=1S/C18H24BrN3O3S/c1-6-22(7-2)17(23)14-10(3)20-18(26)21-15(14)12-8-11(19)9-13(24-4)16(12)25-5/h8-9,15H,6-7H2,1-5H3,(H2,20,21,26)/t15-/m0/s1. The molecule has 0 aromatic heterocycles. The van der Waals surface area contributed by atoms with Crippen LogP contribution in [0.3, 0.4) is 0 Å². The van der Waals surface area contributed by atoms with Gasteiger partial charge >= 0.3 is 0 Å². The first-order valence-electron chi connectivity index (χ1n) is 8.36. The van der Waals surface area contributed by atoms with Gasteiger partial charge in [-0.15, -0.1) is 0 Å². The van der Waals surface area contributed by atoms with Crippen molar-refractivity contribution in [2.45, 2.75) is 26.8 Å². The monoisotopic (exact) mass is 441 g/mol. The van der Waals surface area contributed by atoms with Crippen LogP contribution in [-0.4, -0.2) is 43.2 Å². The van der Waals surface area contributed by atoms with E-state index in [1.807, 2.05) is 32.9 Å². The fourth-order valence-corrected chi connectivity index (χ4v) is 3.79. The molecule has 1 aliphatic heterocycles. The van der Waals surface area contributed by atoms with Gasteiger partial charge in [-0.1, -0.05) is 15.9 Å². The molecule has 1 amide bonds. The molecule has 0 aliphatic carbocycles. The number of hydrogen-bond donors (Lipinski definition) is 2. The molecule has 6 nitrogen and oxygen atoms in total. The van der Waals surface area contributed by atoms with E-state index in [-0.39, 0.29) is 5.91 Å². The van der Waals surface area contributed by atoms with E-state index in [0.717, 1.165) is 15.7 Å². The summed E-state index contributed by atoms with van der Waals surface area (Å²) in [5.74, 6) is 1.10. The first-order chi connectivity index (χ1) is 12.4. The highest BCUT2D eigenvalue weighted by molar-refractivity contribution is 9.10. The molecule has 142 valence electrons. The van der Waals surface area contributed by atoms with Gasteiger partial charge in [0.05, 0.1) is 25.8 Å². The molecule has 2 N–H and O–H groups in total. The molecule has 0 saturated carbocycles. The molecule has 1 aromatic carbocycles. The van der Waals surface area contributed by atoms with E-state index in [0.29, 0.717) is 35.3 Å². The Bertz CT molecular complexity index is 747. The zero-order valence-corrected chi connectivity index (χ0v) is 18.0. The minimum atomic E-state index is -0.446. The Morgan fingerprint density at radius 1 is 1.27 bits per heavy atom. The molecule has 2 rings (SSSR count). The average molecular weight is 442 g/mol. The maximum absolute atomic E-state index is 13.2. The SMILES string of the molecule is CCN(CC)C(=O)C1=C(C)NC(=S)N[C@H]1c1cc(Br)cc(OC)c1OC. The molecule has 1 heterocycles. The van der Waals surface area contributed by atoms with Gasteiger partial charge in [-0.05, 0) is 45.1 Å². The van der Waals surface area contributed by atoms with Crippen molar-refractivity contribution < 1.29 is 14.3 Å². The Morgan fingerprint density at radius 3 is 2.46 bits per heavy atom. The number of likely N-dealkylation sites (N-methyl/N-ethyl adjacent to an activating group) is 1. The van der Waals surface area contributed by atoms with Gasteiger partial charge < -0.3 is 25.0 Å². The van der Waals surface area contributed by atoms with Gasteiger partial charge in [0.15, 0.2) is 16.6 Å². The van der Waals surface area contributed by atoms with Gasteiger partial charge in [-0.2, -0.15) is 0 Å². The van der Waals surface area contributed by atoms with Crippen molar-refractivity contribution in [1.29, 1.82) is 0 Å². The molecule has 26 heavy (non-hydrogen) atoms. The number of nitrogens with one attached hydrogen (secondary N) is 2. The highest BCUT2D eigenvalue weighted by atomic mass is 79.9. The number of methoxy groups -OCH3 is 2. The molecule has 0 spiro atoms. The number of rotatable bonds is 6. The molecule has 0 fully saturated rings. The summed E-state index contributed by atoms with van der Waals surface area (Å²) in [5, 5.41) is 6.73. The van der Waals surface area contributed by atoms with Crippen LogP contribution in [-0.2, 0) is 4.79 Å². The van der Waals surface area contributed by atoms with E-state index in [9.17, 15) is 4.79 Å². The Morgan fingerprint density at radius 2 is 1.92 bits per heavy atom. The van der Waals surface area contributed by atoms with Gasteiger partial charge in [-0.25, -0.2) is 0 Å². The Labute approximate surface area is 168 Å². The zero-order chi connectivity index (χ0) is 19.4. The van der Waals surface area contributed by atoms with E-state index < -0.39 is 6.04 Å². The third kappa shape index (κ3) is 3.96. The summed E-state index contributed by atoms with van der Waals surface area (Å²) in [4.78, 5) is 14.9. The number of carbonyl (C=O) groups excluding carboxylic acids is 1. The van der Waals surface area contributed by atoms with Crippen LogP contribution in [0.15, 0.2) is 27.9 Å². The first kappa shape index (κ1) is 20.5. The van der Waals surface area contributed by atoms with Crippen molar-refractivity contribution in [3.63, 3.8) is 0 Å². The fraction of sp³-hybridized carbons (Fsp3) is 0.444. The molecule has 0 bridgehead atoms. The number of halogens is 1. The number of allylic oxidation sites excluding steroid dienone is 1. The van der Waals surface area contributed by atoms with Crippen LogP contribution in [0.25, 0.3) is 0 Å². The van der Waals surface area contributed by atoms with Gasteiger partial charge in [0.1, 0.15) is 0 Å². The number of thiocarbonyl (C=S) groups is 1. The molecular weight excluding hydrogens is 418 g/mol. The smallest absolute Gasteiger partial charge is 0.253 e. The minimum Gasteiger partial charge on any atom is -0.493 e. The summed E-state index contributed by atoms with van der Waals surface area (Å²) in [5.41, 5.74) is 2.12. The zero-order valence-electron chi connectivity index (χ0n) is 15.6. The van der Waals surface area contributed by atoms with Gasteiger partial charge in [0.25, 0.3) is 5.91 Å². The normalized spacial score (nSPS) is 16.7. The van der Waals surface area contributed by atoms with Gasteiger partial charge in [0.2, 0.25) is 0 Å². The van der Waals surface area contributed by atoms with Crippen LogP contribution in [0.5, 0.6) is 11.5 Å². The molecule has 0 radical (unpaired) electrons. The summed E-state index contributed by atoms with van der Waals surface area (Å²) in [6.45, 7) is 7.04. The maximum atomic E-state index is 13.2. The van der Waals surface area contributed by atoms with Crippen LogP contribution in [0, 0.1) is 0 Å². The van der Waals surface area contributed by atoms with Crippen molar-refractivity contribution in [2.75, 3.05) is 27.3 Å². The van der Waals surface area contributed by atoms with Gasteiger partial charge in [0, 0.05) is 28.8 Å². The van der Waals surface area contributed by atoms with E-state index >= 15 is 0 Å². The lowest BCUT2D eigenvalue weighted by atomic mass is 9.93. The Hall–Kier alpha value is -1.80. The first-order valence-corrected chi connectivity index (χ1v) is 9.56. The van der Waals surface area contributed by atoms with Crippen LogP contribution >= 0.6 is 28.1 Å². The number of carbonyl (C=O) groups is 1. The quantitative estimate of drug-likeness (QED) is 0.661. The predicted octanol–water partition coefficient (Wildman–Crippen LogP) is 3.13. The topological polar surface area (TPSA) is 62.8 Å². The van der Waals surface area contributed by atoms with Crippen molar-refractivity contribution in [3.8, 4) is 11.5 Å². The third-order valence-electron chi connectivity index (χ3n) is 4.33. The van der Waals surface area contributed by atoms with Crippen molar-refractivity contribution in [2.24, 2.45) is 0 Å². The molecule has 8 heteroatoms. The molecule has 0 unspecified atom stereocenters. The summed E-state index contributed by atoms with van der Waals surface area (Å²) >= 11 is 8.83. The highest BCUT2D eigenvalue weighted by Crippen LogP contribution is 2.41. The van der Waals surface area contributed by atoms with Crippen LogP contribution in [0.4, 0.5) is 0 Å². The largest absolute Gasteiger partial charge is 0.493 e. The van der Waals surface area contributed by atoms with Crippen molar-refractivity contribution in [1.82, 2.24) is 15.5 Å². The Balaban J connectivity index is 2.65. The third-order valence-corrected chi connectivity index (χ3v) is 5.01. The number of benzene rings is 1. The molecule has 1 aliphatic rings. The molecule has 1 atom stereocenters. The second-order valence-corrected chi connectivity index (χ2v) is 7.10. The maximum Gasteiger partial charge on any atom is 0.253 e. The van der Waals surface area contributed by atoms with E-state index in [1.54, 1.807) is 19.1 Å². The highest BCUT2D eigenvalue weighted by Gasteiger charge is 2.34. The van der Waals surface area contributed by atoms with E-state index in [1.165, 1.54) is 0 Å². The minimum absolute atomic E-state index is 0.0407. The average Bonchev–Trinajstić information content (AvgIpc) is 2.61. The lowest BCUT2D eigenvalue weighted by Gasteiger charge is -2.33. The van der Waals surface area contributed by atoms with Gasteiger partial charge in [-0.3, -0.25) is 4.79 Å². The summed E-state index contributed by atoms with van der Waals surface area (Å²) in [6.07, 6.45) is 0. The predicted molar refractivity (Wildman–Crippen MR) is 109 cm³/mol. The summed E-state index contributed by atoms with van der Waals surface area (Å²) in [7, 11) is 3.16. The fourth-order valence-electron chi connectivity index (χ4n) is 3.07. The second kappa shape index (κ2) is 8.73. The van der Waals surface area contributed by atoms with Crippen LogP contribution in [0.1, 0.15) is 32.4 Å².